The quantitative estimate of drug-likeness (QED) is 0.0939. The fourth-order valence-corrected chi connectivity index (χ4v) is 11.5. The summed E-state index contributed by atoms with van der Waals surface area (Å²) in [6.45, 7) is 34.4. The third-order valence-corrected chi connectivity index (χ3v) is 16.7. The minimum absolute atomic E-state index is 0.148. The maximum absolute atomic E-state index is 11.8. The highest BCUT2D eigenvalue weighted by atomic mass is 16.5. The van der Waals surface area contributed by atoms with Crippen LogP contribution in [-0.4, -0.2) is 21.4 Å². The largest absolute Gasteiger partial charge is 0.507 e. The van der Waals surface area contributed by atoms with Gasteiger partial charge in [0.15, 0.2) is 0 Å². The first-order valence-corrected chi connectivity index (χ1v) is 26.7. The van der Waals surface area contributed by atoms with Crippen LogP contribution < -0.4 is 9.47 Å². The van der Waals surface area contributed by atoms with Crippen molar-refractivity contribution in [2.45, 2.75) is 263 Å². The van der Waals surface area contributed by atoms with Crippen molar-refractivity contribution in [2.24, 2.45) is 41.4 Å². The molecule has 63 heavy (non-hydrogen) atoms. The van der Waals surface area contributed by atoms with Gasteiger partial charge >= 0.3 is 0 Å². The Morgan fingerprint density at radius 3 is 1.41 bits per heavy atom. The van der Waals surface area contributed by atoms with Crippen LogP contribution in [0.2, 0.25) is 0 Å². The van der Waals surface area contributed by atoms with E-state index in [0.717, 1.165) is 132 Å². The number of fused-ring (bicyclic) bond motifs is 2. The molecule has 0 saturated heterocycles. The van der Waals surface area contributed by atoms with Crippen molar-refractivity contribution < 1.29 is 19.7 Å². The van der Waals surface area contributed by atoms with Crippen molar-refractivity contribution in [1.82, 2.24) is 0 Å². The van der Waals surface area contributed by atoms with E-state index in [1.807, 2.05) is 13.8 Å². The van der Waals surface area contributed by atoms with E-state index in [-0.39, 0.29) is 11.2 Å². The average molecular weight is 873 g/mol. The second-order valence-electron chi connectivity index (χ2n) is 23.6. The van der Waals surface area contributed by atoms with E-state index in [0.29, 0.717) is 23.3 Å². The minimum Gasteiger partial charge on any atom is -0.507 e. The Balaban J connectivity index is 1.39. The number of phenolic OH excluding ortho intramolecular Hbond substituents is 2. The lowest BCUT2D eigenvalue weighted by Gasteiger charge is -2.39. The first-order chi connectivity index (χ1) is 29.6. The van der Waals surface area contributed by atoms with E-state index in [1.54, 1.807) is 0 Å². The lowest BCUT2D eigenvalue weighted by molar-refractivity contribution is 0.0502. The Hall–Kier alpha value is -2.36. The van der Waals surface area contributed by atoms with Gasteiger partial charge in [0.05, 0.1) is 0 Å². The Morgan fingerprint density at radius 1 is 0.460 bits per heavy atom. The molecular formula is C59H100O4. The van der Waals surface area contributed by atoms with Crippen LogP contribution in [0.1, 0.15) is 242 Å². The Labute approximate surface area is 389 Å². The summed E-state index contributed by atoms with van der Waals surface area (Å²) in [6, 6.07) is 0. The highest BCUT2D eigenvalue weighted by Gasteiger charge is 2.37. The molecule has 0 saturated carbocycles. The molecule has 0 radical (unpaired) electrons. The van der Waals surface area contributed by atoms with Gasteiger partial charge in [-0.2, -0.15) is 0 Å². The maximum atomic E-state index is 11.8. The van der Waals surface area contributed by atoms with E-state index in [1.165, 1.54) is 101 Å². The first kappa shape index (κ1) is 53.3. The molecule has 0 fully saturated rings. The fraction of sp³-hybridized carbons (Fsp3) is 0.797. The second kappa shape index (κ2) is 24.4. The van der Waals surface area contributed by atoms with Gasteiger partial charge in [-0.1, -0.05) is 132 Å². The molecule has 0 spiro atoms. The molecule has 4 heteroatoms. The summed E-state index contributed by atoms with van der Waals surface area (Å²) in [5.74, 6) is 8.23. The van der Waals surface area contributed by atoms with Gasteiger partial charge in [0.1, 0.15) is 34.2 Å². The molecule has 7 atom stereocenters. The molecule has 360 valence electrons. The summed E-state index contributed by atoms with van der Waals surface area (Å²) in [5, 5.41) is 22.5. The van der Waals surface area contributed by atoms with Gasteiger partial charge in [0, 0.05) is 16.7 Å². The van der Waals surface area contributed by atoms with E-state index < -0.39 is 0 Å². The van der Waals surface area contributed by atoms with Crippen LogP contribution in [-0.2, 0) is 19.3 Å². The molecule has 0 aromatic heterocycles. The molecule has 4 nitrogen and oxygen atoms in total. The molecule has 0 amide bonds. The van der Waals surface area contributed by atoms with E-state index >= 15 is 0 Å². The molecule has 2 aromatic carbocycles. The minimum atomic E-state index is -0.185. The van der Waals surface area contributed by atoms with Crippen LogP contribution >= 0.6 is 0 Å². The summed E-state index contributed by atoms with van der Waals surface area (Å²) in [6.07, 6.45) is 27.7. The molecular weight excluding hydrogens is 773 g/mol. The van der Waals surface area contributed by atoms with Gasteiger partial charge in [0.2, 0.25) is 0 Å². The number of phenols is 2. The lowest BCUT2D eigenvalue weighted by atomic mass is 9.77. The molecule has 2 aromatic rings. The van der Waals surface area contributed by atoms with Gasteiger partial charge < -0.3 is 19.7 Å². The smallest absolute Gasteiger partial charge is 0.127 e. The highest BCUT2D eigenvalue weighted by Crippen LogP contribution is 2.47. The molecule has 4 rings (SSSR count). The van der Waals surface area contributed by atoms with Crippen LogP contribution in [0.3, 0.4) is 0 Å². The number of rotatable bonds is 27. The molecule has 2 aliphatic heterocycles. The van der Waals surface area contributed by atoms with Gasteiger partial charge in [-0.05, 0) is 188 Å². The summed E-state index contributed by atoms with van der Waals surface area (Å²) in [7, 11) is 0. The Morgan fingerprint density at radius 2 is 0.889 bits per heavy atom. The van der Waals surface area contributed by atoms with Crippen molar-refractivity contribution in [3.05, 3.63) is 44.5 Å². The number of benzene rings is 2. The maximum Gasteiger partial charge on any atom is 0.127 e. The van der Waals surface area contributed by atoms with E-state index in [2.05, 4.69) is 90.0 Å². The first-order valence-electron chi connectivity index (χ1n) is 26.7. The topological polar surface area (TPSA) is 58.9 Å². The Kier molecular flexibility index (Phi) is 20.6. The van der Waals surface area contributed by atoms with Gasteiger partial charge in [-0.3, -0.25) is 0 Å². The van der Waals surface area contributed by atoms with Crippen molar-refractivity contribution >= 4 is 0 Å². The number of aromatic hydroxyl groups is 2. The number of ether oxygens (including phenoxy) is 2. The molecule has 2 aliphatic rings. The van der Waals surface area contributed by atoms with Crippen LogP contribution in [0, 0.1) is 76.0 Å². The second-order valence-corrected chi connectivity index (χ2v) is 23.6. The van der Waals surface area contributed by atoms with Crippen molar-refractivity contribution in [3.63, 3.8) is 0 Å². The van der Waals surface area contributed by atoms with Crippen LogP contribution in [0.5, 0.6) is 23.0 Å². The van der Waals surface area contributed by atoms with Crippen LogP contribution in [0.25, 0.3) is 0 Å². The van der Waals surface area contributed by atoms with Gasteiger partial charge in [0.25, 0.3) is 0 Å². The zero-order valence-corrected chi connectivity index (χ0v) is 44.0. The molecule has 0 aliphatic carbocycles. The number of hydrogen-bond donors (Lipinski definition) is 2. The van der Waals surface area contributed by atoms with Crippen LogP contribution in [0.15, 0.2) is 0 Å². The number of hydrogen-bond acceptors (Lipinski definition) is 4. The zero-order chi connectivity index (χ0) is 46.6. The molecule has 1 unspecified atom stereocenters. The molecule has 2 N–H and O–H groups in total. The summed E-state index contributed by atoms with van der Waals surface area (Å²) in [5.41, 5.74) is 8.47. The normalized spacial score (nSPS) is 21.1. The zero-order valence-electron chi connectivity index (χ0n) is 44.0. The van der Waals surface area contributed by atoms with E-state index in [9.17, 15) is 10.2 Å². The predicted octanol–water partition coefficient (Wildman–Crippen LogP) is 17.5. The van der Waals surface area contributed by atoms with Crippen molar-refractivity contribution in [3.8, 4) is 23.0 Å². The van der Waals surface area contributed by atoms with Crippen LogP contribution in [0.4, 0.5) is 0 Å². The van der Waals surface area contributed by atoms with Gasteiger partial charge in [-0.25, -0.2) is 0 Å². The Bertz CT molecular complexity index is 1720. The monoisotopic (exact) mass is 873 g/mol. The molecule has 0 bridgehead atoms. The summed E-state index contributed by atoms with van der Waals surface area (Å²) in [4.78, 5) is 0. The predicted molar refractivity (Wildman–Crippen MR) is 271 cm³/mol. The standard InChI is InChI=1S/C59H100O4/c1-39(2)21-16-23-41(5)25-18-26-42(6)27-19-35-58(14)38-34-53-52(55(61)46(10)48(12)57(53)63-58)32-31-50(30-29-43(7)24-17-22-40(3)4)44(8)28-20-36-59(15)37-33-51-49(13)54(60)45(9)47(11)56(51)62-59/h39-44,50,60-61H,16-38H2,1-15H3/t41-,42-,43-,44+,50?,58-,59-/m1/s1. The fourth-order valence-electron chi connectivity index (χ4n) is 11.5. The third kappa shape index (κ3) is 15.3. The SMILES string of the molecule is Cc1c(C)c2c(c(C)c1O)CC[C@@](C)(CCC[C@H](C)C(CCc1c(O)c(C)c(C)c3c1CC[C@@](C)(CCC[C@H](C)CCC[C@H](C)CCCC(C)C)O3)CC[C@H](C)CCCC(C)C)O2. The van der Waals surface area contributed by atoms with Gasteiger partial charge in [-0.15, -0.1) is 0 Å². The summed E-state index contributed by atoms with van der Waals surface area (Å²) < 4.78 is 14.0. The van der Waals surface area contributed by atoms with Crippen molar-refractivity contribution in [1.29, 1.82) is 0 Å². The van der Waals surface area contributed by atoms with E-state index in [4.69, 9.17) is 9.47 Å². The third-order valence-electron chi connectivity index (χ3n) is 16.7. The lowest BCUT2D eigenvalue weighted by Crippen LogP contribution is -2.37. The average Bonchev–Trinajstić information content (AvgIpc) is 3.22. The van der Waals surface area contributed by atoms with Crippen molar-refractivity contribution in [2.75, 3.05) is 0 Å². The highest BCUT2D eigenvalue weighted by molar-refractivity contribution is 5.59. The molecule has 2 heterocycles. The summed E-state index contributed by atoms with van der Waals surface area (Å²) >= 11 is 0.